The Morgan fingerprint density at radius 2 is 2.18 bits per heavy atom. The van der Waals surface area contributed by atoms with Crippen LogP contribution in [0.15, 0.2) is 0 Å². The summed E-state index contributed by atoms with van der Waals surface area (Å²) < 4.78 is 5.45. The van der Waals surface area contributed by atoms with Crippen molar-refractivity contribution in [2.45, 2.75) is 13.3 Å². The molecular formula is C9H17NO. The lowest BCUT2D eigenvalue weighted by Crippen LogP contribution is -2.25. The molecule has 2 rings (SSSR count). The molecule has 2 atom stereocenters. The molecule has 2 fully saturated rings. The Labute approximate surface area is 68.5 Å². The Morgan fingerprint density at radius 3 is 2.91 bits per heavy atom. The summed E-state index contributed by atoms with van der Waals surface area (Å²) in [6, 6.07) is 0. The molecule has 2 heteroatoms. The molecule has 0 radical (unpaired) electrons. The normalized spacial score (nSPS) is 39.0. The first kappa shape index (κ1) is 7.56. The van der Waals surface area contributed by atoms with E-state index in [0.29, 0.717) is 0 Å². The molecule has 0 spiro atoms. The molecule has 0 N–H and O–H groups in total. The van der Waals surface area contributed by atoms with Crippen LogP contribution in [0.4, 0.5) is 0 Å². The number of hydrogen-bond donors (Lipinski definition) is 0. The van der Waals surface area contributed by atoms with Crippen LogP contribution in [-0.2, 0) is 4.74 Å². The molecule has 11 heavy (non-hydrogen) atoms. The Hall–Kier alpha value is -0.0800. The van der Waals surface area contributed by atoms with Gasteiger partial charge in [0.25, 0.3) is 0 Å². The zero-order valence-corrected chi connectivity index (χ0v) is 7.25. The third-order valence-corrected chi connectivity index (χ3v) is 3.06. The van der Waals surface area contributed by atoms with Crippen LogP contribution in [-0.4, -0.2) is 37.7 Å². The molecule has 0 aromatic rings. The molecule has 0 aromatic carbocycles. The van der Waals surface area contributed by atoms with E-state index in [0.717, 1.165) is 25.0 Å². The van der Waals surface area contributed by atoms with Crippen LogP contribution in [0.2, 0.25) is 0 Å². The first-order chi connectivity index (χ1) is 5.40. The van der Waals surface area contributed by atoms with Crippen LogP contribution in [0.5, 0.6) is 0 Å². The molecule has 0 bridgehead atoms. The highest BCUT2D eigenvalue weighted by atomic mass is 16.5. The van der Waals surface area contributed by atoms with E-state index in [1.807, 2.05) is 0 Å². The van der Waals surface area contributed by atoms with Crippen LogP contribution < -0.4 is 0 Å². The van der Waals surface area contributed by atoms with Gasteiger partial charge in [0, 0.05) is 19.7 Å². The third kappa shape index (κ3) is 1.42. The van der Waals surface area contributed by atoms with E-state index in [9.17, 15) is 0 Å². The van der Waals surface area contributed by atoms with Crippen LogP contribution >= 0.6 is 0 Å². The highest BCUT2D eigenvalue weighted by molar-refractivity contribution is 4.85. The van der Waals surface area contributed by atoms with E-state index in [1.165, 1.54) is 26.1 Å². The lowest BCUT2D eigenvalue weighted by molar-refractivity contribution is 0.0370. The van der Waals surface area contributed by atoms with Crippen molar-refractivity contribution in [1.29, 1.82) is 0 Å². The second-order valence-corrected chi connectivity index (χ2v) is 3.74. The summed E-state index contributed by atoms with van der Waals surface area (Å²) in [5, 5.41) is 0. The molecule has 64 valence electrons. The van der Waals surface area contributed by atoms with Crippen LogP contribution in [0, 0.1) is 11.8 Å². The zero-order valence-electron chi connectivity index (χ0n) is 7.25. The molecule has 2 unspecified atom stereocenters. The molecular weight excluding hydrogens is 138 g/mol. The molecule has 2 aliphatic rings. The maximum Gasteiger partial charge on any atom is 0.0509 e. The largest absolute Gasteiger partial charge is 0.381 e. The van der Waals surface area contributed by atoms with Gasteiger partial charge in [-0.05, 0) is 24.8 Å². The van der Waals surface area contributed by atoms with E-state index in [4.69, 9.17) is 4.74 Å². The van der Waals surface area contributed by atoms with Crippen molar-refractivity contribution in [2.24, 2.45) is 11.8 Å². The summed E-state index contributed by atoms with van der Waals surface area (Å²) in [6.45, 7) is 8.08. The van der Waals surface area contributed by atoms with Crippen molar-refractivity contribution in [2.75, 3.05) is 32.8 Å². The fourth-order valence-electron chi connectivity index (χ4n) is 2.28. The monoisotopic (exact) mass is 155 g/mol. The number of hydrogen-bond acceptors (Lipinski definition) is 2. The maximum atomic E-state index is 5.45. The van der Waals surface area contributed by atoms with Gasteiger partial charge in [-0.15, -0.1) is 0 Å². The lowest BCUT2D eigenvalue weighted by atomic mass is 9.92. The second-order valence-electron chi connectivity index (χ2n) is 3.74. The second kappa shape index (κ2) is 3.11. The minimum absolute atomic E-state index is 0.851. The first-order valence-corrected chi connectivity index (χ1v) is 4.70. The van der Waals surface area contributed by atoms with E-state index in [-0.39, 0.29) is 0 Å². The molecule has 2 heterocycles. The zero-order chi connectivity index (χ0) is 7.68. The van der Waals surface area contributed by atoms with Crippen LogP contribution in [0.3, 0.4) is 0 Å². The Morgan fingerprint density at radius 1 is 1.36 bits per heavy atom. The van der Waals surface area contributed by atoms with Crippen molar-refractivity contribution in [3.63, 3.8) is 0 Å². The van der Waals surface area contributed by atoms with Gasteiger partial charge >= 0.3 is 0 Å². The molecule has 0 saturated carbocycles. The van der Waals surface area contributed by atoms with Gasteiger partial charge in [-0.1, -0.05) is 6.92 Å². The van der Waals surface area contributed by atoms with Gasteiger partial charge in [-0.3, -0.25) is 0 Å². The summed E-state index contributed by atoms with van der Waals surface area (Å²) in [4.78, 5) is 2.55. The maximum absolute atomic E-state index is 5.45. The Bertz CT molecular complexity index is 124. The number of ether oxygens (including phenoxy) is 1. The van der Waals surface area contributed by atoms with Crippen molar-refractivity contribution in [3.05, 3.63) is 0 Å². The molecule has 2 aliphatic heterocycles. The Balaban J connectivity index is 1.92. The molecule has 2 nitrogen and oxygen atoms in total. The van der Waals surface area contributed by atoms with E-state index >= 15 is 0 Å². The first-order valence-electron chi connectivity index (χ1n) is 4.70. The van der Waals surface area contributed by atoms with E-state index in [2.05, 4.69) is 11.8 Å². The molecule has 2 saturated heterocycles. The fraction of sp³-hybridized carbons (Fsp3) is 1.00. The van der Waals surface area contributed by atoms with Crippen molar-refractivity contribution in [3.8, 4) is 0 Å². The summed E-state index contributed by atoms with van der Waals surface area (Å²) in [5.74, 6) is 1.80. The molecule has 0 aromatic heterocycles. The quantitative estimate of drug-likeness (QED) is 0.559. The highest BCUT2D eigenvalue weighted by Gasteiger charge is 2.33. The van der Waals surface area contributed by atoms with Crippen molar-refractivity contribution in [1.82, 2.24) is 4.90 Å². The van der Waals surface area contributed by atoms with Gasteiger partial charge < -0.3 is 9.64 Å². The number of nitrogens with zero attached hydrogens (tertiary/aromatic N) is 1. The average molecular weight is 155 g/mol. The topological polar surface area (TPSA) is 12.5 Å². The van der Waals surface area contributed by atoms with Crippen LogP contribution in [0.25, 0.3) is 0 Å². The summed E-state index contributed by atoms with van der Waals surface area (Å²) >= 11 is 0. The summed E-state index contributed by atoms with van der Waals surface area (Å²) in [7, 11) is 0. The minimum Gasteiger partial charge on any atom is -0.381 e. The number of rotatable bonds is 1. The van der Waals surface area contributed by atoms with E-state index < -0.39 is 0 Å². The SMILES string of the molecule is CCN1CC2CCOCC2C1. The average Bonchev–Trinajstić information content (AvgIpc) is 2.46. The van der Waals surface area contributed by atoms with Crippen molar-refractivity contribution < 1.29 is 4.74 Å². The number of fused-ring (bicyclic) bond motifs is 1. The highest BCUT2D eigenvalue weighted by Crippen LogP contribution is 2.29. The van der Waals surface area contributed by atoms with E-state index in [1.54, 1.807) is 0 Å². The number of likely N-dealkylation sites (tertiary alicyclic amines) is 1. The fourth-order valence-corrected chi connectivity index (χ4v) is 2.28. The van der Waals surface area contributed by atoms with Gasteiger partial charge in [0.05, 0.1) is 6.61 Å². The van der Waals surface area contributed by atoms with Gasteiger partial charge in [0.1, 0.15) is 0 Å². The predicted molar refractivity (Wildman–Crippen MR) is 44.5 cm³/mol. The van der Waals surface area contributed by atoms with Crippen LogP contribution in [0.1, 0.15) is 13.3 Å². The van der Waals surface area contributed by atoms with Gasteiger partial charge in [0.2, 0.25) is 0 Å². The third-order valence-electron chi connectivity index (χ3n) is 3.06. The smallest absolute Gasteiger partial charge is 0.0509 e. The lowest BCUT2D eigenvalue weighted by Gasteiger charge is -2.23. The van der Waals surface area contributed by atoms with Gasteiger partial charge in [-0.25, -0.2) is 0 Å². The van der Waals surface area contributed by atoms with Crippen molar-refractivity contribution >= 4 is 0 Å². The molecule has 0 amide bonds. The minimum atomic E-state index is 0.851. The summed E-state index contributed by atoms with van der Waals surface area (Å²) in [6.07, 6.45) is 1.29. The molecule has 0 aliphatic carbocycles. The predicted octanol–water partition coefficient (Wildman–Crippen LogP) is 0.975. The van der Waals surface area contributed by atoms with Gasteiger partial charge in [-0.2, -0.15) is 0 Å². The Kier molecular flexibility index (Phi) is 2.14. The summed E-state index contributed by atoms with van der Waals surface area (Å²) in [5.41, 5.74) is 0. The standard InChI is InChI=1S/C9H17NO/c1-2-10-5-8-3-4-11-7-9(8)6-10/h8-9H,2-7H2,1H3. The van der Waals surface area contributed by atoms with Gasteiger partial charge in [0.15, 0.2) is 0 Å².